The number of nitrogens with zero attached hydrogens (tertiary/aromatic N) is 1. The zero-order chi connectivity index (χ0) is 10.3. The Balaban J connectivity index is 2.76. The topological polar surface area (TPSA) is 15.3 Å². The van der Waals surface area contributed by atoms with Gasteiger partial charge in [0.25, 0.3) is 0 Å². The third kappa shape index (κ3) is 2.23. The van der Waals surface area contributed by atoms with E-state index in [-0.39, 0.29) is 5.54 Å². The normalized spacial score (nSPS) is 29.5. The van der Waals surface area contributed by atoms with Crippen molar-refractivity contribution in [2.75, 3.05) is 13.6 Å². The smallest absolute Gasteiger partial charge is 0.0209 e. The molecule has 0 aromatic carbocycles. The molecule has 0 saturated carbocycles. The van der Waals surface area contributed by atoms with Gasteiger partial charge in [0.2, 0.25) is 0 Å². The Morgan fingerprint density at radius 1 is 1.31 bits per heavy atom. The van der Waals surface area contributed by atoms with E-state index in [0.717, 1.165) is 0 Å². The van der Waals surface area contributed by atoms with Crippen molar-refractivity contribution >= 4 is 0 Å². The van der Waals surface area contributed by atoms with Crippen LogP contribution in [0.25, 0.3) is 0 Å². The van der Waals surface area contributed by atoms with Crippen molar-refractivity contribution in [1.29, 1.82) is 0 Å². The van der Waals surface area contributed by atoms with Crippen LogP contribution in [0.4, 0.5) is 0 Å². The molecule has 1 atom stereocenters. The SMILES string of the molecule is CNC1CN(C(C)(C)C)C(C)(C)C1. The van der Waals surface area contributed by atoms with E-state index in [9.17, 15) is 0 Å². The van der Waals surface area contributed by atoms with Gasteiger partial charge in [-0.3, -0.25) is 4.90 Å². The van der Waals surface area contributed by atoms with Crippen molar-refractivity contribution in [2.24, 2.45) is 0 Å². The largest absolute Gasteiger partial charge is 0.316 e. The Bertz CT molecular complexity index is 179. The highest BCUT2D eigenvalue weighted by molar-refractivity contribution is 5.00. The number of hydrogen-bond donors (Lipinski definition) is 1. The van der Waals surface area contributed by atoms with Crippen LogP contribution in [0.1, 0.15) is 41.0 Å². The molecule has 0 radical (unpaired) electrons. The second-order valence-corrected chi connectivity index (χ2v) is 5.78. The van der Waals surface area contributed by atoms with Gasteiger partial charge in [0.1, 0.15) is 0 Å². The summed E-state index contributed by atoms with van der Waals surface area (Å²) in [5.74, 6) is 0. The summed E-state index contributed by atoms with van der Waals surface area (Å²) in [7, 11) is 2.06. The Kier molecular flexibility index (Phi) is 2.75. The minimum Gasteiger partial charge on any atom is -0.316 e. The molecule has 2 heteroatoms. The van der Waals surface area contributed by atoms with Gasteiger partial charge in [0, 0.05) is 23.7 Å². The van der Waals surface area contributed by atoms with E-state index in [0.29, 0.717) is 11.6 Å². The molecule has 0 bridgehead atoms. The number of likely N-dealkylation sites (tertiary alicyclic amines) is 1. The van der Waals surface area contributed by atoms with Gasteiger partial charge < -0.3 is 5.32 Å². The Labute approximate surface area is 82.7 Å². The summed E-state index contributed by atoms with van der Waals surface area (Å²) in [6, 6.07) is 0.661. The summed E-state index contributed by atoms with van der Waals surface area (Å²) < 4.78 is 0. The van der Waals surface area contributed by atoms with E-state index in [1.165, 1.54) is 13.0 Å². The second-order valence-electron chi connectivity index (χ2n) is 5.78. The molecule has 2 nitrogen and oxygen atoms in total. The zero-order valence-electron chi connectivity index (χ0n) is 9.94. The highest BCUT2D eigenvalue weighted by Crippen LogP contribution is 2.34. The molecule has 0 aromatic rings. The highest BCUT2D eigenvalue weighted by atomic mass is 15.3. The molecule has 1 aliphatic rings. The van der Waals surface area contributed by atoms with Crippen LogP contribution in [0, 0.1) is 0 Å². The number of rotatable bonds is 1. The van der Waals surface area contributed by atoms with E-state index in [1.54, 1.807) is 0 Å². The second kappa shape index (κ2) is 3.25. The summed E-state index contributed by atoms with van der Waals surface area (Å²) in [6.07, 6.45) is 1.25. The van der Waals surface area contributed by atoms with Crippen molar-refractivity contribution in [3.63, 3.8) is 0 Å². The first kappa shape index (κ1) is 11.0. The number of nitrogens with one attached hydrogen (secondary N) is 1. The van der Waals surface area contributed by atoms with Crippen LogP contribution in [0.5, 0.6) is 0 Å². The quantitative estimate of drug-likeness (QED) is 0.669. The Morgan fingerprint density at radius 2 is 1.85 bits per heavy atom. The van der Waals surface area contributed by atoms with Crippen molar-refractivity contribution in [2.45, 2.75) is 58.2 Å². The van der Waals surface area contributed by atoms with Crippen LogP contribution >= 0.6 is 0 Å². The summed E-state index contributed by atoms with van der Waals surface area (Å²) >= 11 is 0. The van der Waals surface area contributed by atoms with Crippen molar-refractivity contribution in [1.82, 2.24) is 10.2 Å². The third-order valence-electron chi connectivity index (χ3n) is 3.10. The predicted molar refractivity (Wildman–Crippen MR) is 58.0 cm³/mol. The minimum absolute atomic E-state index is 0.287. The molecule has 0 amide bonds. The van der Waals surface area contributed by atoms with Gasteiger partial charge in [0.15, 0.2) is 0 Å². The fraction of sp³-hybridized carbons (Fsp3) is 1.00. The Hall–Kier alpha value is -0.0800. The van der Waals surface area contributed by atoms with E-state index in [4.69, 9.17) is 0 Å². The minimum atomic E-state index is 0.287. The first-order valence-corrected chi connectivity index (χ1v) is 5.22. The molecular weight excluding hydrogens is 160 g/mol. The predicted octanol–water partition coefficient (Wildman–Crippen LogP) is 1.86. The molecule has 1 heterocycles. The van der Waals surface area contributed by atoms with E-state index in [1.807, 2.05) is 0 Å². The number of hydrogen-bond acceptors (Lipinski definition) is 2. The zero-order valence-corrected chi connectivity index (χ0v) is 9.94. The first-order chi connectivity index (χ1) is 5.77. The van der Waals surface area contributed by atoms with Gasteiger partial charge in [-0.15, -0.1) is 0 Å². The van der Waals surface area contributed by atoms with Gasteiger partial charge in [0.05, 0.1) is 0 Å². The van der Waals surface area contributed by atoms with Crippen LogP contribution < -0.4 is 5.32 Å². The lowest BCUT2D eigenvalue weighted by Crippen LogP contribution is -2.50. The van der Waals surface area contributed by atoms with E-state index < -0.39 is 0 Å². The molecule has 1 fully saturated rings. The average molecular weight is 184 g/mol. The number of likely N-dealkylation sites (N-methyl/N-ethyl adjacent to an activating group) is 1. The van der Waals surface area contributed by atoms with E-state index in [2.05, 4.69) is 51.9 Å². The van der Waals surface area contributed by atoms with Gasteiger partial charge in [-0.1, -0.05) is 0 Å². The molecule has 13 heavy (non-hydrogen) atoms. The van der Waals surface area contributed by atoms with Crippen LogP contribution in [0.2, 0.25) is 0 Å². The molecule has 0 spiro atoms. The molecule has 1 rings (SSSR count). The van der Waals surface area contributed by atoms with Gasteiger partial charge in [-0.25, -0.2) is 0 Å². The lowest BCUT2D eigenvalue weighted by molar-refractivity contribution is 0.0676. The van der Waals surface area contributed by atoms with Crippen LogP contribution in [0.3, 0.4) is 0 Å². The van der Waals surface area contributed by atoms with Crippen LogP contribution in [-0.4, -0.2) is 35.6 Å². The molecule has 0 aliphatic carbocycles. The average Bonchev–Trinajstić information content (AvgIpc) is 2.24. The fourth-order valence-electron chi connectivity index (χ4n) is 2.62. The standard InChI is InChI=1S/C11H24N2/c1-10(2,3)13-8-9(12-6)7-11(13,4)5/h9,12H,7-8H2,1-6H3. The Morgan fingerprint density at radius 3 is 2.08 bits per heavy atom. The van der Waals surface area contributed by atoms with Crippen LogP contribution in [-0.2, 0) is 0 Å². The summed E-state index contributed by atoms with van der Waals surface area (Å²) in [4.78, 5) is 2.60. The van der Waals surface area contributed by atoms with Crippen molar-refractivity contribution < 1.29 is 0 Å². The molecule has 78 valence electrons. The summed E-state index contributed by atoms with van der Waals surface area (Å²) in [6.45, 7) is 12.8. The van der Waals surface area contributed by atoms with Crippen molar-refractivity contribution in [3.8, 4) is 0 Å². The van der Waals surface area contributed by atoms with Gasteiger partial charge >= 0.3 is 0 Å². The molecule has 1 N–H and O–H groups in total. The molecule has 1 saturated heterocycles. The fourth-order valence-corrected chi connectivity index (χ4v) is 2.62. The molecule has 1 aliphatic heterocycles. The van der Waals surface area contributed by atoms with Crippen LogP contribution in [0.15, 0.2) is 0 Å². The molecule has 0 aromatic heterocycles. The molecular formula is C11H24N2. The van der Waals surface area contributed by atoms with Gasteiger partial charge in [-0.2, -0.15) is 0 Å². The lowest BCUT2D eigenvalue weighted by atomic mass is 9.95. The first-order valence-electron chi connectivity index (χ1n) is 5.22. The third-order valence-corrected chi connectivity index (χ3v) is 3.10. The summed E-state index contributed by atoms with van der Waals surface area (Å²) in [5, 5.41) is 3.38. The highest BCUT2D eigenvalue weighted by Gasteiger charge is 2.42. The lowest BCUT2D eigenvalue weighted by Gasteiger charge is -2.42. The molecule has 1 unspecified atom stereocenters. The maximum atomic E-state index is 3.38. The van der Waals surface area contributed by atoms with Gasteiger partial charge in [-0.05, 0) is 48.1 Å². The monoisotopic (exact) mass is 184 g/mol. The maximum absolute atomic E-state index is 3.38. The maximum Gasteiger partial charge on any atom is 0.0209 e. The summed E-state index contributed by atoms with van der Waals surface area (Å²) in [5.41, 5.74) is 0.626. The van der Waals surface area contributed by atoms with Crippen molar-refractivity contribution in [3.05, 3.63) is 0 Å². The van der Waals surface area contributed by atoms with E-state index >= 15 is 0 Å².